The Kier molecular flexibility index (Phi) is 9.42. The van der Waals surface area contributed by atoms with Gasteiger partial charge in [0.2, 0.25) is 0 Å². The summed E-state index contributed by atoms with van der Waals surface area (Å²) >= 11 is 0. The number of ether oxygens (including phenoxy) is 1. The number of hydrogen-bond donors (Lipinski definition) is 1. The van der Waals surface area contributed by atoms with E-state index in [1.165, 1.54) is 19.3 Å². The smallest absolute Gasteiger partial charge is 0.0723 e. The van der Waals surface area contributed by atoms with Gasteiger partial charge in [-0.1, -0.05) is 40.0 Å². The predicted octanol–water partition coefficient (Wildman–Crippen LogP) is 3.10. The quantitative estimate of drug-likeness (QED) is 0.582. The summed E-state index contributed by atoms with van der Waals surface area (Å²) in [6.45, 7) is 7.41. The maximum absolute atomic E-state index is 6.03. The van der Waals surface area contributed by atoms with E-state index in [0.29, 0.717) is 0 Å². The van der Waals surface area contributed by atoms with Crippen LogP contribution in [0.2, 0.25) is 0 Å². The van der Waals surface area contributed by atoms with Crippen molar-refractivity contribution in [3.8, 4) is 0 Å². The topological polar surface area (TPSA) is 35.2 Å². The summed E-state index contributed by atoms with van der Waals surface area (Å²) in [5.74, 6) is 0. The van der Waals surface area contributed by atoms with Crippen LogP contribution in [0.3, 0.4) is 0 Å². The molecule has 0 aliphatic carbocycles. The van der Waals surface area contributed by atoms with Crippen LogP contribution in [0.1, 0.15) is 59.3 Å². The molecule has 0 aliphatic rings. The van der Waals surface area contributed by atoms with Gasteiger partial charge < -0.3 is 10.5 Å². The minimum absolute atomic E-state index is 0.228. The summed E-state index contributed by atoms with van der Waals surface area (Å²) < 4.78 is 5.78. The Hall–Kier alpha value is -0.0800. The van der Waals surface area contributed by atoms with Crippen molar-refractivity contribution in [3.05, 3.63) is 0 Å². The molecule has 0 saturated heterocycles. The maximum Gasteiger partial charge on any atom is 0.0723 e. The molecule has 14 heavy (non-hydrogen) atoms. The Bertz CT molecular complexity index is 117. The number of nitrogens with two attached hydrogens (primary N) is 1. The number of hydrogen-bond acceptors (Lipinski definition) is 2. The molecule has 0 bridgehead atoms. The summed E-state index contributed by atoms with van der Waals surface area (Å²) in [5.41, 5.74) is 6.03. The molecule has 0 rings (SSSR count). The van der Waals surface area contributed by atoms with Crippen LogP contribution in [-0.4, -0.2) is 18.8 Å². The highest BCUT2D eigenvalue weighted by Crippen LogP contribution is 2.09. The second-order valence-corrected chi connectivity index (χ2v) is 3.98. The van der Waals surface area contributed by atoms with Crippen LogP contribution < -0.4 is 5.73 Å². The van der Waals surface area contributed by atoms with Crippen LogP contribution in [-0.2, 0) is 4.74 Å². The van der Waals surface area contributed by atoms with Crippen molar-refractivity contribution >= 4 is 0 Å². The minimum atomic E-state index is 0.228. The normalized spacial score (nSPS) is 15.4. The first-order valence-electron chi connectivity index (χ1n) is 6.13. The Morgan fingerprint density at radius 3 is 2.29 bits per heavy atom. The molecule has 2 N–H and O–H groups in total. The Morgan fingerprint density at radius 2 is 1.79 bits per heavy atom. The van der Waals surface area contributed by atoms with E-state index in [1.807, 2.05) is 0 Å². The first-order chi connectivity index (χ1) is 6.76. The van der Waals surface area contributed by atoms with E-state index in [0.717, 1.165) is 25.9 Å². The van der Waals surface area contributed by atoms with Crippen molar-refractivity contribution in [3.63, 3.8) is 0 Å². The van der Waals surface area contributed by atoms with E-state index >= 15 is 0 Å². The van der Waals surface area contributed by atoms with E-state index in [-0.39, 0.29) is 12.1 Å². The van der Waals surface area contributed by atoms with Crippen LogP contribution in [0.4, 0.5) is 0 Å². The zero-order valence-corrected chi connectivity index (χ0v) is 10.1. The van der Waals surface area contributed by atoms with Gasteiger partial charge in [0.25, 0.3) is 0 Å². The fourth-order valence-corrected chi connectivity index (χ4v) is 1.65. The second-order valence-electron chi connectivity index (χ2n) is 3.98. The molecule has 0 aromatic carbocycles. The van der Waals surface area contributed by atoms with E-state index in [9.17, 15) is 0 Å². The molecule has 0 amide bonds. The lowest BCUT2D eigenvalue weighted by Crippen LogP contribution is -2.36. The fraction of sp³-hybridized carbons (Fsp3) is 1.00. The highest BCUT2D eigenvalue weighted by Gasteiger charge is 2.14. The van der Waals surface area contributed by atoms with Crippen LogP contribution in [0.15, 0.2) is 0 Å². The molecule has 0 radical (unpaired) electrons. The van der Waals surface area contributed by atoms with Crippen LogP contribution >= 0.6 is 0 Å². The van der Waals surface area contributed by atoms with Gasteiger partial charge in [-0.15, -0.1) is 0 Å². The Balaban J connectivity index is 3.56. The van der Waals surface area contributed by atoms with Crippen molar-refractivity contribution in [2.45, 2.75) is 71.4 Å². The molecule has 2 heteroatoms. The highest BCUT2D eigenvalue weighted by molar-refractivity contribution is 4.71. The lowest BCUT2D eigenvalue weighted by molar-refractivity contribution is 0.0289. The maximum atomic E-state index is 6.03. The largest absolute Gasteiger partial charge is 0.377 e. The van der Waals surface area contributed by atoms with Crippen LogP contribution in [0.25, 0.3) is 0 Å². The molecule has 0 spiro atoms. The summed E-state index contributed by atoms with van der Waals surface area (Å²) in [5, 5.41) is 0. The third kappa shape index (κ3) is 6.39. The lowest BCUT2D eigenvalue weighted by atomic mass is 10.0. The monoisotopic (exact) mass is 201 g/mol. The molecule has 2 atom stereocenters. The van der Waals surface area contributed by atoms with Gasteiger partial charge in [0.1, 0.15) is 0 Å². The SMILES string of the molecule is CCCCCOC(CC)C(N)CCC. The average Bonchev–Trinajstić information content (AvgIpc) is 2.18. The average molecular weight is 201 g/mol. The molecule has 2 nitrogen and oxygen atoms in total. The molecule has 0 fully saturated rings. The van der Waals surface area contributed by atoms with Crippen molar-refractivity contribution in [2.24, 2.45) is 5.73 Å². The van der Waals surface area contributed by atoms with E-state index in [2.05, 4.69) is 20.8 Å². The molecule has 0 aromatic rings. The number of rotatable bonds is 9. The molecule has 0 aliphatic heterocycles. The zero-order valence-electron chi connectivity index (χ0n) is 10.1. The molecule has 86 valence electrons. The van der Waals surface area contributed by atoms with Gasteiger partial charge in [-0.05, 0) is 19.3 Å². The van der Waals surface area contributed by atoms with Gasteiger partial charge in [-0.25, -0.2) is 0 Å². The van der Waals surface area contributed by atoms with Crippen molar-refractivity contribution in [1.29, 1.82) is 0 Å². The van der Waals surface area contributed by atoms with E-state index in [4.69, 9.17) is 10.5 Å². The molecule has 0 heterocycles. The first kappa shape index (κ1) is 13.9. The fourth-order valence-electron chi connectivity index (χ4n) is 1.65. The van der Waals surface area contributed by atoms with Gasteiger partial charge in [0.15, 0.2) is 0 Å². The van der Waals surface area contributed by atoms with Gasteiger partial charge in [-0.3, -0.25) is 0 Å². The minimum Gasteiger partial charge on any atom is -0.377 e. The second kappa shape index (κ2) is 9.47. The molecular formula is C12H27NO. The van der Waals surface area contributed by atoms with Gasteiger partial charge in [0, 0.05) is 12.6 Å². The van der Waals surface area contributed by atoms with Gasteiger partial charge in [-0.2, -0.15) is 0 Å². The standard InChI is InChI=1S/C12H27NO/c1-4-7-8-10-14-12(6-3)11(13)9-5-2/h11-12H,4-10,13H2,1-3H3. The Labute approximate surface area is 89.2 Å². The highest BCUT2D eigenvalue weighted by atomic mass is 16.5. The van der Waals surface area contributed by atoms with Gasteiger partial charge in [0.05, 0.1) is 6.10 Å². The third-order valence-electron chi connectivity index (χ3n) is 2.58. The third-order valence-corrected chi connectivity index (χ3v) is 2.58. The molecular weight excluding hydrogens is 174 g/mol. The predicted molar refractivity (Wildman–Crippen MR) is 62.4 cm³/mol. The van der Waals surface area contributed by atoms with Crippen molar-refractivity contribution in [1.82, 2.24) is 0 Å². The molecule has 0 aromatic heterocycles. The molecule has 2 unspecified atom stereocenters. The zero-order chi connectivity index (χ0) is 10.8. The van der Waals surface area contributed by atoms with Crippen LogP contribution in [0, 0.1) is 0 Å². The van der Waals surface area contributed by atoms with E-state index in [1.54, 1.807) is 0 Å². The lowest BCUT2D eigenvalue weighted by Gasteiger charge is -2.22. The van der Waals surface area contributed by atoms with Gasteiger partial charge >= 0.3 is 0 Å². The van der Waals surface area contributed by atoms with E-state index < -0.39 is 0 Å². The number of unbranched alkanes of at least 4 members (excludes halogenated alkanes) is 2. The summed E-state index contributed by atoms with van der Waals surface area (Å²) in [7, 11) is 0. The first-order valence-corrected chi connectivity index (χ1v) is 6.13. The van der Waals surface area contributed by atoms with Crippen molar-refractivity contribution < 1.29 is 4.74 Å². The van der Waals surface area contributed by atoms with Crippen molar-refractivity contribution in [2.75, 3.05) is 6.61 Å². The van der Waals surface area contributed by atoms with Crippen LogP contribution in [0.5, 0.6) is 0 Å². The molecule has 0 saturated carbocycles. The summed E-state index contributed by atoms with van der Waals surface area (Å²) in [6, 6.07) is 0.228. The summed E-state index contributed by atoms with van der Waals surface area (Å²) in [4.78, 5) is 0. The Morgan fingerprint density at radius 1 is 1.07 bits per heavy atom. The summed E-state index contributed by atoms with van der Waals surface area (Å²) in [6.07, 6.45) is 7.22.